The summed E-state index contributed by atoms with van der Waals surface area (Å²) in [7, 11) is 3.58. The predicted octanol–water partition coefficient (Wildman–Crippen LogP) is 3.65. The van der Waals surface area contributed by atoms with Crippen molar-refractivity contribution in [1.82, 2.24) is 14.7 Å². The largest absolute Gasteiger partial charge is 0.497 e. The topological polar surface area (TPSA) is 56.6 Å². The fourth-order valence-electron chi connectivity index (χ4n) is 3.90. The number of methoxy groups -OCH3 is 1. The van der Waals surface area contributed by atoms with Gasteiger partial charge >= 0.3 is 0 Å². The number of ether oxygens (including phenoxy) is 2. The second kappa shape index (κ2) is 8.71. The van der Waals surface area contributed by atoms with E-state index in [4.69, 9.17) is 9.47 Å². The average Bonchev–Trinajstić information content (AvgIpc) is 3.09. The molecule has 6 nitrogen and oxygen atoms in total. The molecule has 0 fully saturated rings. The van der Waals surface area contributed by atoms with Crippen molar-refractivity contribution >= 4 is 5.91 Å². The SMILES string of the molecule is COc1ccc(C(=O)N2CCc3c(c(COCc4ccccc4C)nn3C)C2)cc1. The molecule has 0 atom stereocenters. The fraction of sp³-hybridized carbons (Fsp3) is 0.333. The van der Waals surface area contributed by atoms with Crippen LogP contribution in [0, 0.1) is 6.92 Å². The maximum Gasteiger partial charge on any atom is 0.254 e. The minimum absolute atomic E-state index is 0.0268. The third-order valence-corrected chi connectivity index (χ3v) is 5.71. The highest BCUT2D eigenvalue weighted by Gasteiger charge is 2.27. The van der Waals surface area contributed by atoms with E-state index in [0.29, 0.717) is 31.9 Å². The van der Waals surface area contributed by atoms with Crippen molar-refractivity contribution in [1.29, 1.82) is 0 Å². The molecular weight excluding hydrogens is 378 g/mol. The number of fused-ring (bicyclic) bond motifs is 1. The van der Waals surface area contributed by atoms with Crippen molar-refractivity contribution in [3.8, 4) is 5.75 Å². The van der Waals surface area contributed by atoms with E-state index >= 15 is 0 Å². The van der Waals surface area contributed by atoms with Crippen LogP contribution in [0.2, 0.25) is 0 Å². The summed E-state index contributed by atoms with van der Waals surface area (Å²) in [5.41, 5.74) is 6.27. The maximum atomic E-state index is 13.0. The highest BCUT2D eigenvalue weighted by molar-refractivity contribution is 5.94. The minimum atomic E-state index is 0.0268. The number of hydrogen-bond donors (Lipinski definition) is 0. The molecule has 6 heteroatoms. The summed E-state index contributed by atoms with van der Waals surface area (Å²) < 4.78 is 13.1. The summed E-state index contributed by atoms with van der Waals surface area (Å²) in [6.45, 7) is 4.30. The van der Waals surface area contributed by atoms with Crippen molar-refractivity contribution in [2.75, 3.05) is 13.7 Å². The van der Waals surface area contributed by atoms with Crippen LogP contribution in [0.25, 0.3) is 0 Å². The molecule has 1 aliphatic heterocycles. The van der Waals surface area contributed by atoms with Crippen LogP contribution in [-0.2, 0) is 38.0 Å². The molecule has 4 rings (SSSR count). The van der Waals surface area contributed by atoms with E-state index in [9.17, 15) is 4.79 Å². The zero-order chi connectivity index (χ0) is 21.1. The Balaban J connectivity index is 1.46. The van der Waals surface area contributed by atoms with E-state index in [1.807, 2.05) is 53.0 Å². The number of rotatable bonds is 6. The van der Waals surface area contributed by atoms with E-state index in [-0.39, 0.29) is 5.91 Å². The molecule has 0 saturated carbocycles. The van der Waals surface area contributed by atoms with Gasteiger partial charge in [-0.2, -0.15) is 5.10 Å². The number of aryl methyl sites for hydroxylation is 2. The Hall–Kier alpha value is -3.12. The Morgan fingerprint density at radius 1 is 1.10 bits per heavy atom. The Morgan fingerprint density at radius 3 is 2.60 bits per heavy atom. The average molecular weight is 405 g/mol. The molecule has 0 saturated heterocycles. The van der Waals surface area contributed by atoms with Gasteiger partial charge in [0.2, 0.25) is 0 Å². The van der Waals surface area contributed by atoms with Gasteiger partial charge in [-0.25, -0.2) is 0 Å². The number of benzene rings is 2. The minimum Gasteiger partial charge on any atom is -0.497 e. The Labute approximate surface area is 177 Å². The van der Waals surface area contributed by atoms with Gasteiger partial charge in [0.15, 0.2) is 0 Å². The van der Waals surface area contributed by atoms with Crippen molar-refractivity contribution in [3.63, 3.8) is 0 Å². The standard InChI is InChI=1S/C24H27N3O3/c1-17-6-4-5-7-19(17)15-30-16-22-21-14-27(13-12-23(21)26(2)25-22)24(28)18-8-10-20(29-3)11-9-18/h4-11H,12-16H2,1-3H3. The van der Waals surface area contributed by atoms with Gasteiger partial charge in [-0.05, 0) is 42.3 Å². The van der Waals surface area contributed by atoms with E-state index in [0.717, 1.165) is 23.4 Å². The van der Waals surface area contributed by atoms with E-state index < -0.39 is 0 Å². The Kier molecular flexibility index (Phi) is 5.86. The van der Waals surface area contributed by atoms with Crippen LogP contribution in [-0.4, -0.2) is 34.2 Å². The van der Waals surface area contributed by atoms with Crippen LogP contribution in [0.1, 0.15) is 38.4 Å². The number of nitrogens with zero attached hydrogens (tertiary/aromatic N) is 3. The number of carbonyl (C=O) groups excluding carboxylic acids is 1. The lowest BCUT2D eigenvalue weighted by Crippen LogP contribution is -2.36. The monoisotopic (exact) mass is 405 g/mol. The second-order valence-corrected chi connectivity index (χ2v) is 7.62. The Bertz CT molecular complexity index is 1040. The maximum absolute atomic E-state index is 13.0. The van der Waals surface area contributed by atoms with Gasteiger partial charge in [0.05, 0.1) is 26.0 Å². The second-order valence-electron chi connectivity index (χ2n) is 7.62. The number of aromatic nitrogens is 2. The smallest absolute Gasteiger partial charge is 0.254 e. The first-order valence-corrected chi connectivity index (χ1v) is 10.2. The molecule has 30 heavy (non-hydrogen) atoms. The lowest BCUT2D eigenvalue weighted by Gasteiger charge is -2.28. The highest BCUT2D eigenvalue weighted by Crippen LogP contribution is 2.25. The molecule has 2 aromatic carbocycles. The molecule has 1 aliphatic rings. The number of hydrogen-bond acceptors (Lipinski definition) is 4. The summed E-state index contributed by atoms with van der Waals surface area (Å²) in [6, 6.07) is 15.5. The van der Waals surface area contributed by atoms with Crippen molar-refractivity contribution in [2.45, 2.75) is 33.1 Å². The Morgan fingerprint density at radius 2 is 1.87 bits per heavy atom. The van der Waals surface area contributed by atoms with Crippen LogP contribution >= 0.6 is 0 Å². The molecule has 2 heterocycles. The van der Waals surface area contributed by atoms with Gasteiger partial charge in [-0.3, -0.25) is 9.48 Å². The van der Waals surface area contributed by atoms with Gasteiger partial charge in [0.1, 0.15) is 5.75 Å². The van der Waals surface area contributed by atoms with Gasteiger partial charge in [-0.1, -0.05) is 24.3 Å². The molecule has 0 bridgehead atoms. The first-order valence-electron chi connectivity index (χ1n) is 10.2. The molecule has 0 aliphatic carbocycles. The summed E-state index contributed by atoms with van der Waals surface area (Å²) in [4.78, 5) is 14.9. The summed E-state index contributed by atoms with van der Waals surface area (Å²) in [5.74, 6) is 0.770. The van der Waals surface area contributed by atoms with Crippen LogP contribution in [0.5, 0.6) is 5.75 Å². The molecule has 1 aromatic heterocycles. The molecule has 3 aromatic rings. The zero-order valence-electron chi connectivity index (χ0n) is 17.7. The van der Waals surface area contributed by atoms with Crippen LogP contribution in [0.15, 0.2) is 48.5 Å². The summed E-state index contributed by atoms with van der Waals surface area (Å²) in [6.07, 6.45) is 0.790. The van der Waals surface area contributed by atoms with E-state index in [2.05, 4.69) is 24.2 Å². The zero-order valence-corrected chi connectivity index (χ0v) is 17.7. The van der Waals surface area contributed by atoms with Crippen molar-refractivity contribution in [2.24, 2.45) is 7.05 Å². The fourth-order valence-corrected chi connectivity index (χ4v) is 3.90. The summed E-state index contributed by atoms with van der Waals surface area (Å²) in [5, 5.41) is 4.67. The van der Waals surface area contributed by atoms with E-state index in [1.165, 1.54) is 16.8 Å². The predicted molar refractivity (Wildman–Crippen MR) is 114 cm³/mol. The lowest BCUT2D eigenvalue weighted by atomic mass is 10.0. The normalized spacial score (nSPS) is 13.2. The third-order valence-electron chi connectivity index (χ3n) is 5.71. The first kappa shape index (κ1) is 20.2. The summed E-state index contributed by atoms with van der Waals surface area (Å²) >= 11 is 0. The first-order chi connectivity index (χ1) is 14.6. The molecule has 1 amide bonds. The molecule has 0 spiro atoms. The van der Waals surface area contributed by atoms with Crippen LogP contribution in [0.3, 0.4) is 0 Å². The highest BCUT2D eigenvalue weighted by atomic mass is 16.5. The van der Waals surface area contributed by atoms with Crippen LogP contribution in [0.4, 0.5) is 0 Å². The van der Waals surface area contributed by atoms with Gasteiger partial charge in [-0.15, -0.1) is 0 Å². The van der Waals surface area contributed by atoms with Crippen molar-refractivity contribution < 1.29 is 14.3 Å². The van der Waals surface area contributed by atoms with Gasteiger partial charge in [0, 0.05) is 43.4 Å². The number of amides is 1. The molecule has 0 unspecified atom stereocenters. The van der Waals surface area contributed by atoms with E-state index in [1.54, 1.807) is 7.11 Å². The third kappa shape index (κ3) is 4.09. The quantitative estimate of drug-likeness (QED) is 0.628. The molecule has 0 radical (unpaired) electrons. The van der Waals surface area contributed by atoms with Crippen LogP contribution < -0.4 is 4.74 Å². The lowest BCUT2D eigenvalue weighted by molar-refractivity contribution is 0.0728. The molecule has 156 valence electrons. The van der Waals surface area contributed by atoms with Crippen molar-refractivity contribution in [3.05, 3.63) is 82.2 Å². The van der Waals surface area contributed by atoms with Gasteiger partial charge < -0.3 is 14.4 Å². The molecular formula is C24H27N3O3. The number of carbonyl (C=O) groups is 1. The van der Waals surface area contributed by atoms with Gasteiger partial charge in [0.25, 0.3) is 5.91 Å². The molecule has 0 N–H and O–H groups in total.